The number of nitro benzene ring substituents is 1. The Balaban J connectivity index is 1.59. The van der Waals surface area contributed by atoms with Crippen LogP contribution >= 0.6 is 0 Å². The quantitative estimate of drug-likeness (QED) is 0.535. The van der Waals surface area contributed by atoms with Gasteiger partial charge in [-0.2, -0.15) is 13.2 Å². The largest absolute Gasteiger partial charge is 0.416 e. The fourth-order valence-electron chi connectivity index (χ4n) is 3.75. The topological polar surface area (TPSA) is 92.6 Å². The van der Waals surface area contributed by atoms with E-state index in [4.69, 9.17) is 0 Å². The first-order chi connectivity index (χ1) is 15.1. The van der Waals surface area contributed by atoms with E-state index < -0.39 is 22.7 Å². The third-order valence-electron chi connectivity index (χ3n) is 5.45. The molecule has 170 valence electrons. The smallest absolute Gasteiger partial charge is 0.354 e. The lowest BCUT2D eigenvalue weighted by atomic mass is 10.1. The Morgan fingerprint density at radius 3 is 2.47 bits per heavy atom. The fourth-order valence-corrected chi connectivity index (χ4v) is 3.75. The molecule has 1 fully saturated rings. The SMILES string of the molecule is Cc1cc(C(=O)N2CCCC2C(=O)NCCc2ccc(C(F)(F)F)cc2)ccc1[N+](=O)[O-]. The molecule has 1 atom stereocenters. The molecule has 2 aromatic carbocycles. The highest BCUT2D eigenvalue weighted by atomic mass is 19.4. The average Bonchev–Trinajstić information content (AvgIpc) is 3.22. The van der Waals surface area contributed by atoms with Crippen molar-refractivity contribution in [1.82, 2.24) is 10.2 Å². The van der Waals surface area contributed by atoms with Gasteiger partial charge in [-0.15, -0.1) is 0 Å². The third kappa shape index (κ3) is 5.24. The van der Waals surface area contributed by atoms with Crippen molar-refractivity contribution in [2.75, 3.05) is 13.1 Å². The summed E-state index contributed by atoms with van der Waals surface area (Å²) >= 11 is 0. The summed E-state index contributed by atoms with van der Waals surface area (Å²) in [6, 6.07) is 8.18. The van der Waals surface area contributed by atoms with Crippen LogP contribution < -0.4 is 5.32 Å². The number of nitro groups is 1. The highest BCUT2D eigenvalue weighted by Gasteiger charge is 2.34. The van der Waals surface area contributed by atoms with E-state index in [9.17, 15) is 32.9 Å². The lowest BCUT2D eigenvalue weighted by molar-refractivity contribution is -0.385. The van der Waals surface area contributed by atoms with Crippen molar-refractivity contribution < 1.29 is 27.7 Å². The molecule has 1 unspecified atom stereocenters. The monoisotopic (exact) mass is 449 g/mol. The van der Waals surface area contributed by atoms with Crippen LogP contribution in [0.2, 0.25) is 0 Å². The number of nitrogens with one attached hydrogen (secondary N) is 1. The Bertz CT molecular complexity index is 1020. The highest BCUT2D eigenvalue weighted by Crippen LogP contribution is 2.29. The maximum atomic E-state index is 12.9. The van der Waals surface area contributed by atoms with Gasteiger partial charge in [-0.3, -0.25) is 19.7 Å². The van der Waals surface area contributed by atoms with Gasteiger partial charge in [-0.05, 0) is 56.0 Å². The lowest BCUT2D eigenvalue weighted by Crippen LogP contribution is -2.46. The van der Waals surface area contributed by atoms with Crippen LogP contribution in [0.3, 0.4) is 0 Å². The van der Waals surface area contributed by atoms with E-state index in [1.807, 2.05) is 0 Å². The number of aryl methyl sites for hydroxylation is 1. The minimum atomic E-state index is -4.40. The Hall–Kier alpha value is -3.43. The average molecular weight is 449 g/mol. The first-order valence-corrected chi connectivity index (χ1v) is 10.1. The zero-order chi connectivity index (χ0) is 23.5. The molecular formula is C22H22F3N3O4. The molecule has 0 aromatic heterocycles. The summed E-state index contributed by atoms with van der Waals surface area (Å²) in [7, 11) is 0. The summed E-state index contributed by atoms with van der Waals surface area (Å²) in [4.78, 5) is 37.4. The van der Waals surface area contributed by atoms with Gasteiger partial charge in [0.1, 0.15) is 6.04 Å². The van der Waals surface area contributed by atoms with E-state index in [0.29, 0.717) is 36.9 Å². The van der Waals surface area contributed by atoms with Crippen molar-refractivity contribution in [3.8, 4) is 0 Å². The van der Waals surface area contributed by atoms with Gasteiger partial charge in [0.2, 0.25) is 5.91 Å². The van der Waals surface area contributed by atoms with Crippen LogP contribution in [0.1, 0.15) is 39.9 Å². The van der Waals surface area contributed by atoms with E-state index in [2.05, 4.69) is 5.32 Å². The standard InChI is InChI=1S/C22H22F3N3O4/c1-14-13-16(6-9-18(14)28(31)32)21(30)27-12-2-3-19(27)20(29)26-11-10-15-4-7-17(8-5-15)22(23,24)25/h4-9,13,19H,2-3,10-12H2,1H3,(H,26,29). The van der Waals surface area contributed by atoms with Crippen LogP contribution in [0.25, 0.3) is 0 Å². The minimum Gasteiger partial charge on any atom is -0.354 e. The molecule has 10 heteroatoms. The first kappa shape index (κ1) is 23.2. The van der Waals surface area contributed by atoms with Crippen molar-refractivity contribution in [1.29, 1.82) is 0 Å². The number of rotatable bonds is 6. The second kappa shape index (κ2) is 9.37. The van der Waals surface area contributed by atoms with Gasteiger partial charge in [0.05, 0.1) is 10.5 Å². The van der Waals surface area contributed by atoms with Gasteiger partial charge in [-0.1, -0.05) is 12.1 Å². The number of amides is 2. The van der Waals surface area contributed by atoms with Gasteiger partial charge >= 0.3 is 6.18 Å². The zero-order valence-corrected chi connectivity index (χ0v) is 17.3. The summed E-state index contributed by atoms with van der Waals surface area (Å²) in [5.41, 5.74) is 0.474. The maximum Gasteiger partial charge on any atom is 0.416 e. The van der Waals surface area contributed by atoms with Crippen molar-refractivity contribution in [2.45, 2.75) is 38.4 Å². The molecule has 0 bridgehead atoms. The Labute approximate surface area is 182 Å². The Kier molecular flexibility index (Phi) is 6.81. The van der Waals surface area contributed by atoms with Gasteiger partial charge < -0.3 is 10.2 Å². The molecule has 7 nitrogen and oxygen atoms in total. The molecule has 2 aromatic rings. The van der Waals surface area contributed by atoms with E-state index in [0.717, 1.165) is 12.1 Å². The van der Waals surface area contributed by atoms with Crippen molar-refractivity contribution >= 4 is 17.5 Å². The van der Waals surface area contributed by atoms with Gasteiger partial charge in [0, 0.05) is 30.3 Å². The van der Waals surface area contributed by atoms with Crippen molar-refractivity contribution in [2.24, 2.45) is 0 Å². The molecule has 0 radical (unpaired) electrons. The fraction of sp³-hybridized carbons (Fsp3) is 0.364. The minimum absolute atomic E-state index is 0.0828. The van der Waals surface area contributed by atoms with E-state index in [1.165, 1.54) is 35.2 Å². The molecule has 1 N–H and O–H groups in total. The van der Waals surface area contributed by atoms with Gasteiger partial charge in [-0.25, -0.2) is 0 Å². The van der Waals surface area contributed by atoms with E-state index in [-0.39, 0.29) is 29.6 Å². The van der Waals surface area contributed by atoms with Crippen LogP contribution in [-0.4, -0.2) is 40.8 Å². The highest BCUT2D eigenvalue weighted by molar-refractivity contribution is 5.98. The number of hydrogen-bond donors (Lipinski definition) is 1. The van der Waals surface area contributed by atoms with Gasteiger partial charge in [0.25, 0.3) is 11.6 Å². The molecule has 1 aliphatic heterocycles. The molecule has 2 amide bonds. The third-order valence-corrected chi connectivity index (χ3v) is 5.45. The van der Waals surface area contributed by atoms with Crippen LogP contribution in [0, 0.1) is 17.0 Å². The maximum absolute atomic E-state index is 12.9. The summed E-state index contributed by atoms with van der Waals surface area (Å²) in [5, 5.41) is 13.7. The molecule has 0 aliphatic carbocycles. The number of halogens is 3. The summed E-state index contributed by atoms with van der Waals surface area (Å²) in [5.74, 6) is -0.704. The molecular weight excluding hydrogens is 427 g/mol. The predicted octanol–water partition coefficient (Wildman–Crippen LogP) is 3.89. The molecule has 0 saturated carbocycles. The number of carbonyl (C=O) groups is 2. The molecule has 3 rings (SSSR count). The van der Waals surface area contributed by atoms with Crippen LogP contribution in [0.5, 0.6) is 0 Å². The van der Waals surface area contributed by atoms with Gasteiger partial charge in [0.15, 0.2) is 0 Å². The summed E-state index contributed by atoms with van der Waals surface area (Å²) in [6.45, 7) is 2.16. The number of benzene rings is 2. The number of nitrogens with zero attached hydrogens (tertiary/aromatic N) is 2. The molecule has 1 aliphatic rings. The van der Waals surface area contributed by atoms with Crippen molar-refractivity contribution in [3.63, 3.8) is 0 Å². The Morgan fingerprint density at radius 1 is 1.19 bits per heavy atom. The molecule has 0 spiro atoms. The lowest BCUT2D eigenvalue weighted by Gasteiger charge is -2.24. The van der Waals surface area contributed by atoms with Crippen LogP contribution in [0.15, 0.2) is 42.5 Å². The molecule has 1 heterocycles. The normalized spacial score (nSPS) is 16.1. The Morgan fingerprint density at radius 2 is 1.88 bits per heavy atom. The van der Waals surface area contributed by atoms with Crippen molar-refractivity contribution in [3.05, 3.63) is 74.8 Å². The second-order valence-electron chi connectivity index (χ2n) is 7.65. The molecule has 1 saturated heterocycles. The first-order valence-electron chi connectivity index (χ1n) is 10.1. The number of likely N-dealkylation sites (tertiary alicyclic amines) is 1. The summed E-state index contributed by atoms with van der Waals surface area (Å²) in [6.07, 6.45) is -2.90. The van der Waals surface area contributed by atoms with E-state index in [1.54, 1.807) is 6.92 Å². The summed E-state index contributed by atoms with van der Waals surface area (Å²) < 4.78 is 37.9. The van der Waals surface area contributed by atoms with E-state index >= 15 is 0 Å². The van der Waals surface area contributed by atoms with Crippen LogP contribution in [-0.2, 0) is 17.4 Å². The zero-order valence-electron chi connectivity index (χ0n) is 17.3. The number of alkyl halides is 3. The predicted molar refractivity (Wildman–Crippen MR) is 110 cm³/mol. The van der Waals surface area contributed by atoms with Crippen LogP contribution in [0.4, 0.5) is 18.9 Å². The second-order valence-corrected chi connectivity index (χ2v) is 7.65. The number of carbonyl (C=O) groups excluding carboxylic acids is 2. The number of hydrogen-bond acceptors (Lipinski definition) is 4. The molecule has 32 heavy (non-hydrogen) atoms.